The molecule has 0 aliphatic rings. The Labute approximate surface area is 140 Å². The number of hydrogen-bond acceptors (Lipinski definition) is 4. The lowest BCUT2D eigenvalue weighted by atomic mass is 10.0. The number of nitrogens with one attached hydrogen (secondary N) is 1. The largest absolute Gasteiger partial charge is 0.496 e. The third kappa shape index (κ3) is 3.53. The second-order valence-electron chi connectivity index (χ2n) is 5.65. The van der Waals surface area contributed by atoms with Gasteiger partial charge in [0.1, 0.15) is 5.75 Å². The maximum absolute atomic E-state index is 12.5. The molecule has 1 amide bonds. The lowest BCUT2D eigenvalue weighted by Crippen LogP contribution is -2.27. The summed E-state index contributed by atoms with van der Waals surface area (Å²) in [6, 6.07) is 9.91. The Morgan fingerprint density at radius 2 is 1.96 bits per heavy atom. The zero-order chi connectivity index (χ0) is 17.9. The van der Waals surface area contributed by atoms with E-state index in [1.165, 1.54) is 12.1 Å². The average molecular weight is 328 g/mol. The molecule has 0 aliphatic heterocycles. The quantitative estimate of drug-likeness (QED) is 0.670. The number of benzene rings is 2. The van der Waals surface area contributed by atoms with Crippen molar-refractivity contribution in [3.05, 3.63) is 68.8 Å². The third-order valence-corrected chi connectivity index (χ3v) is 3.95. The zero-order valence-corrected chi connectivity index (χ0v) is 14.1. The normalized spacial score (nSPS) is 11.7. The van der Waals surface area contributed by atoms with Gasteiger partial charge in [0.2, 0.25) is 0 Å². The molecule has 1 atom stereocenters. The summed E-state index contributed by atoms with van der Waals surface area (Å²) in [5, 5.41) is 13.9. The van der Waals surface area contributed by atoms with Gasteiger partial charge in [0.25, 0.3) is 11.6 Å². The minimum Gasteiger partial charge on any atom is -0.496 e. The van der Waals surface area contributed by atoms with Crippen LogP contribution in [0.2, 0.25) is 0 Å². The summed E-state index contributed by atoms with van der Waals surface area (Å²) >= 11 is 0. The van der Waals surface area contributed by atoms with Gasteiger partial charge in [-0.2, -0.15) is 0 Å². The lowest BCUT2D eigenvalue weighted by molar-refractivity contribution is -0.385. The molecule has 0 fully saturated rings. The number of nitro groups is 1. The maximum Gasteiger partial charge on any atom is 0.273 e. The second-order valence-corrected chi connectivity index (χ2v) is 5.65. The van der Waals surface area contributed by atoms with Crippen molar-refractivity contribution in [3.63, 3.8) is 0 Å². The van der Waals surface area contributed by atoms with E-state index in [9.17, 15) is 14.9 Å². The highest BCUT2D eigenvalue weighted by atomic mass is 16.6. The van der Waals surface area contributed by atoms with Gasteiger partial charge in [-0.05, 0) is 32.9 Å². The van der Waals surface area contributed by atoms with Crippen molar-refractivity contribution >= 4 is 11.6 Å². The third-order valence-electron chi connectivity index (χ3n) is 3.95. The van der Waals surface area contributed by atoms with Gasteiger partial charge in [-0.1, -0.05) is 23.8 Å². The Morgan fingerprint density at radius 1 is 1.25 bits per heavy atom. The van der Waals surface area contributed by atoms with E-state index in [4.69, 9.17) is 4.74 Å². The van der Waals surface area contributed by atoms with E-state index in [-0.39, 0.29) is 17.6 Å². The first-order valence-corrected chi connectivity index (χ1v) is 7.54. The summed E-state index contributed by atoms with van der Waals surface area (Å²) in [4.78, 5) is 23.1. The van der Waals surface area contributed by atoms with Crippen molar-refractivity contribution in [3.8, 4) is 5.75 Å². The molecule has 0 bridgehead atoms. The Bertz CT molecular complexity index is 787. The molecule has 0 heterocycles. The molecular formula is C18H20N2O4. The highest BCUT2D eigenvalue weighted by Gasteiger charge is 2.20. The number of ether oxygens (including phenoxy) is 1. The summed E-state index contributed by atoms with van der Waals surface area (Å²) in [5.41, 5.74) is 2.49. The highest BCUT2D eigenvalue weighted by Crippen LogP contribution is 2.27. The first kappa shape index (κ1) is 17.5. The molecule has 2 aromatic rings. The molecule has 24 heavy (non-hydrogen) atoms. The molecule has 0 saturated heterocycles. The molecule has 0 radical (unpaired) electrons. The van der Waals surface area contributed by atoms with Crippen LogP contribution in [0.15, 0.2) is 36.4 Å². The molecule has 2 rings (SSSR count). The van der Waals surface area contributed by atoms with Gasteiger partial charge in [0, 0.05) is 22.8 Å². The summed E-state index contributed by atoms with van der Waals surface area (Å²) in [6.45, 7) is 5.38. The maximum atomic E-state index is 12.5. The van der Waals surface area contributed by atoms with Crippen LogP contribution in [-0.2, 0) is 0 Å². The summed E-state index contributed by atoms with van der Waals surface area (Å²) < 4.78 is 5.34. The minimum absolute atomic E-state index is 0.0663. The van der Waals surface area contributed by atoms with Crippen molar-refractivity contribution in [2.75, 3.05) is 7.11 Å². The average Bonchev–Trinajstić information content (AvgIpc) is 2.54. The van der Waals surface area contributed by atoms with Crippen molar-refractivity contribution < 1.29 is 14.5 Å². The molecule has 0 saturated carbocycles. The number of hydrogen-bond donors (Lipinski definition) is 1. The second kappa shape index (κ2) is 7.12. The molecule has 1 unspecified atom stereocenters. The van der Waals surface area contributed by atoms with Crippen molar-refractivity contribution in [1.82, 2.24) is 5.32 Å². The SMILES string of the molecule is COc1ccc(C)cc1C(C)NC(=O)c1cccc([N+](=O)[O-])c1C. The van der Waals surface area contributed by atoms with E-state index in [0.29, 0.717) is 16.9 Å². The molecule has 0 spiro atoms. The van der Waals surface area contributed by atoms with Gasteiger partial charge < -0.3 is 10.1 Å². The predicted molar refractivity (Wildman–Crippen MR) is 91.4 cm³/mol. The number of amides is 1. The van der Waals surface area contributed by atoms with Gasteiger partial charge in [0.15, 0.2) is 0 Å². The molecule has 0 aliphatic carbocycles. The molecule has 0 aromatic heterocycles. The van der Waals surface area contributed by atoms with Gasteiger partial charge >= 0.3 is 0 Å². The predicted octanol–water partition coefficient (Wildman–Crippen LogP) is 3.71. The van der Waals surface area contributed by atoms with E-state index in [2.05, 4.69) is 5.32 Å². The monoisotopic (exact) mass is 328 g/mol. The standard InChI is InChI=1S/C18H20N2O4/c1-11-8-9-17(24-4)15(10-11)13(3)19-18(21)14-6-5-7-16(12(14)2)20(22)23/h5-10,13H,1-4H3,(H,19,21). The van der Waals surface area contributed by atoms with E-state index in [1.807, 2.05) is 32.0 Å². The number of methoxy groups -OCH3 is 1. The summed E-state index contributed by atoms with van der Waals surface area (Å²) in [6.07, 6.45) is 0. The number of nitrogens with zero attached hydrogens (tertiary/aromatic N) is 1. The molecule has 1 N–H and O–H groups in total. The summed E-state index contributed by atoms with van der Waals surface area (Å²) in [7, 11) is 1.58. The van der Waals surface area contributed by atoms with E-state index in [1.54, 1.807) is 20.1 Å². The van der Waals surface area contributed by atoms with Crippen molar-refractivity contribution in [2.24, 2.45) is 0 Å². The molecule has 2 aromatic carbocycles. The number of nitro benzene ring substituents is 1. The van der Waals surface area contributed by atoms with E-state index >= 15 is 0 Å². The fourth-order valence-corrected chi connectivity index (χ4v) is 2.61. The molecular weight excluding hydrogens is 308 g/mol. The van der Waals surface area contributed by atoms with Crippen LogP contribution in [-0.4, -0.2) is 17.9 Å². The first-order chi connectivity index (χ1) is 11.3. The Kier molecular flexibility index (Phi) is 5.18. The minimum atomic E-state index is -0.487. The van der Waals surface area contributed by atoms with E-state index < -0.39 is 4.92 Å². The smallest absolute Gasteiger partial charge is 0.273 e. The van der Waals surface area contributed by atoms with Gasteiger partial charge in [-0.3, -0.25) is 14.9 Å². The number of rotatable bonds is 5. The molecule has 6 nitrogen and oxygen atoms in total. The first-order valence-electron chi connectivity index (χ1n) is 7.54. The van der Waals surface area contributed by atoms with Crippen LogP contribution >= 0.6 is 0 Å². The van der Waals surface area contributed by atoms with E-state index in [0.717, 1.165) is 11.1 Å². The van der Waals surface area contributed by atoms with Crippen LogP contribution in [0.1, 0.15) is 40.0 Å². The zero-order valence-electron chi connectivity index (χ0n) is 14.1. The van der Waals surface area contributed by atoms with Gasteiger partial charge in [-0.15, -0.1) is 0 Å². The van der Waals surface area contributed by atoms with Gasteiger partial charge in [0.05, 0.1) is 18.1 Å². The van der Waals surface area contributed by atoms with Crippen LogP contribution in [0.3, 0.4) is 0 Å². The Hall–Kier alpha value is -2.89. The van der Waals surface area contributed by atoms with Crippen LogP contribution in [0.25, 0.3) is 0 Å². The van der Waals surface area contributed by atoms with Crippen LogP contribution < -0.4 is 10.1 Å². The number of carbonyl (C=O) groups is 1. The van der Waals surface area contributed by atoms with Crippen molar-refractivity contribution in [2.45, 2.75) is 26.8 Å². The molecule has 6 heteroatoms. The summed E-state index contributed by atoms with van der Waals surface area (Å²) in [5.74, 6) is 0.330. The van der Waals surface area contributed by atoms with Gasteiger partial charge in [-0.25, -0.2) is 0 Å². The fraction of sp³-hybridized carbons (Fsp3) is 0.278. The number of carbonyl (C=O) groups excluding carboxylic acids is 1. The van der Waals surface area contributed by atoms with Crippen LogP contribution in [0, 0.1) is 24.0 Å². The fourth-order valence-electron chi connectivity index (χ4n) is 2.61. The van der Waals surface area contributed by atoms with Crippen molar-refractivity contribution in [1.29, 1.82) is 0 Å². The number of aryl methyl sites for hydroxylation is 1. The van der Waals surface area contributed by atoms with Crippen LogP contribution in [0.4, 0.5) is 5.69 Å². The lowest BCUT2D eigenvalue weighted by Gasteiger charge is -2.18. The molecule has 126 valence electrons. The highest BCUT2D eigenvalue weighted by molar-refractivity contribution is 5.96. The van der Waals surface area contributed by atoms with Crippen LogP contribution in [0.5, 0.6) is 5.75 Å². The Morgan fingerprint density at radius 3 is 2.58 bits per heavy atom. The topological polar surface area (TPSA) is 81.5 Å². The Balaban J connectivity index is 2.29.